The van der Waals surface area contributed by atoms with E-state index in [0.717, 1.165) is 5.56 Å². The van der Waals surface area contributed by atoms with Gasteiger partial charge in [-0.1, -0.05) is 42.5 Å². The van der Waals surface area contributed by atoms with Gasteiger partial charge in [0.25, 0.3) is 0 Å². The molecule has 0 aromatic heterocycles. The van der Waals surface area contributed by atoms with Crippen LogP contribution in [0, 0.1) is 0 Å². The Kier molecular flexibility index (Phi) is 4.27. The molecule has 2 N–H and O–H groups in total. The molecule has 2 aromatic rings. The molecule has 1 unspecified atom stereocenters. The molecule has 2 aromatic carbocycles. The van der Waals surface area contributed by atoms with Gasteiger partial charge < -0.3 is 5.11 Å². The van der Waals surface area contributed by atoms with Crippen LogP contribution in [-0.2, 0) is 21.5 Å². The highest BCUT2D eigenvalue weighted by molar-refractivity contribution is 6.08. The van der Waals surface area contributed by atoms with Crippen LogP contribution in [0.5, 0.6) is 0 Å². The minimum absolute atomic E-state index is 0.102. The average molecular weight is 338 g/mol. The van der Waals surface area contributed by atoms with Gasteiger partial charge in [-0.2, -0.15) is 0 Å². The first-order valence-electron chi connectivity index (χ1n) is 7.89. The molecule has 1 fully saturated rings. The summed E-state index contributed by atoms with van der Waals surface area (Å²) in [5.41, 5.74) is 1.07. The van der Waals surface area contributed by atoms with Crippen LogP contribution in [0.15, 0.2) is 54.6 Å². The molecular formula is C19H18N2O4. The second kappa shape index (κ2) is 6.39. The summed E-state index contributed by atoms with van der Waals surface area (Å²) in [6.45, 7) is 2.00. The maximum atomic E-state index is 12.9. The summed E-state index contributed by atoms with van der Waals surface area (Å²) in [6, 6.07) is 15.9. The van der Waals surface area contributed by atoms with E-state index in [2.05, 4.69) is 5.32 Å². The predicted molar refractivity (Wildman–Crippen MR) is 92.1 cm³/mol. The molecule has 0 bridgehead atoms. The quantitative estimate of drug-likeness (QED) is 0.839. The van der Waals surface area contributed by atoms with Gasteiger partial charge in [0.15, 0.2) is 0 Å². The van der Waals surface area contributed by atoms with Crippen molar-refractivity contribution in [3.8, 4) is 0 Å². The SMILES string of the molecule is CC1(c2ccc(NC(=O)O)cc2)CC(=O)N(Cc2ccccc2)C1=O. The number of benzene rings is 2. The van der Waals surface area contributed by atoms with Gasteiger partial charge in [0.05, 0.1) is 12.0 Å². The van der Waals surface area contributed by atoms with E-state index in [-0.39, 0.29) is 24.8 Å². The van der Waals surface area contributed by atoms with Crippen molar-refractivity contribution in [1.82, 2.24) is 4.90 Å². The smallest absolute Gasteiger partial charge is 0.409 e. The summed E-state index contributed by atoms with van der Waals surface area (Å²) in [5.74, 6) is -0.440. The second-order valence-electron chi connectivity index (χ2n) is 6.29. The number of anilines is 1. The molecule has 1 aliphatic heterocycles. The summed E-state index contributed by atoms with van der Waals surface area (Å²) >= 11 is 0. The van der Waals surface area contributed by atoms with Gasteiger partial charge in [0.1, 0.15) is 0 Å². The molecule has 0 aliphatic carbocycles. The third-order valence-electron chi connectivity index (χ3n) is 4.48. The molecule has 1 aliphatic rings. The lowest BCUT2D eigenvalue weighted by molar-refractivity contribution is -0.140. The molecule has 1 saturated heterocycles. The molecule has 0 spiro atoms. The largest absolute Gasteiger partial charge is 0.465 e. The van der Waals surface area contributed by atoms with Crippen molar-refractivity contribution in [3.05, 3.63) is 65.7 Å². The van der Waals surface area contributed by atoms with Crippen LogP contribution >= 0.6 is 0 Å². The number of carboxylic acid groups (broad SMARTS) is 1. The Labute approximate surface area is 145 Å². The minimum Gasteiger partial charge on any atom is -0.465 e. The highest BCUT2D eigenvalue weighted by Gasteiger charge is 2.49. The number of nitrogens with zero attached hydrogens (tertiary/aromatic N) is 1. The van der Waals surface area contributed by atoms with Gasteiger partial charge in [-0.3, -0.25) is 19.8 Å². The summed E-state index contributed by atoms with van der Waals surface area (Å²) in [6.07, 6.45) is -1.05. The van der Waals surface area contributed by atoms with Crippen molar-refractivity contribution in [2.45, 2.75) is 25.3 Å². The first kappa shape index (κ1) is 16.7. The number of rotatable bonds is 4. The summed E-state index contributed by atoms with van der Waals surface area (Å²) in [7, 11) is 0. The lowest BCUT2D eigenvalue weighted by Crippen LogP contribution is -2.36. The molecule has 1 heterocycles. The Morgan fingerprint density at radius 2 is 1.76 bits per heavy atom. The Morgan fingerprint density at radius 1 is 1.12 bits per heavy atom. The molecule has 128 valence electrons. The third-order valence-corrected chi connectivity index (χ3v) is 4.48. The first-order chi connectivity index (χ1) is 11.9. The number of imide groups is 1. The Bertz CT molecular complexity index is 817. The lowest BCUT2D eigenvalue weighted by Gasteiger charge is -2.23. The molecule has 0 saturated carbocycles. The molecule has 6 heteroatoms. The number of carbonyl (C=O) groups excluding carboxylic acids is 2. The zero-order chi connectivity index (χ0) is 18.0. The molecular weight excluding hydrogens is 320 g/mol. The molecule has 0 radical (unpaired) electrons. The number of amides is 3. The van der Waals surface area contributed by atoms with Crippen LogP contribution in [0.3, 0.4) is 0 Å². The van der Waals surface area contributed by atoms with Crippen LogP contribution in [0.2, 0.25) is 0 Å². The second-order valence-corrected chi connectivity index (χ2v) is 6.29. The fraction of sp³-hybridized carbons (Fsp3) is 0.211. The van der Waals surface area contributed by atoms with Gasteiger partial charge in [-0.15, -0.1) is 0 Å². The Morgan fingerprint density at radius 3 is 2.36 bits per heavy atom. The predicted octanol–water partition coefficient (Wildman–Crippen LogP) is 2.99. The van der Waals surface area contributed by atoms with Gasteiger partial charge in [-0.05, 0) is 30.2 Å². The molecule has 6 nitrogen and oxygen atoms in total. The first-order valence-corrected chi connectivity index (χ1v) is 7.89. The van der Waals surface area contributed by atoms with Crippen molar-refractivity contribution in [1.29, 1.82) is 0 Å². The van der Waals surface area contributed by atoms with Crippen molar-refractivity contribution in [2.24, 2.45) is 0 Å². The van der Waals surface area contributed by atoms with E-state index in [1.54, 1.807) is 31.2 Å². The number of likely N-dealkylation sites (tertiary alicyclic amines) is 1. The van der Waals surface area contributed by atoms with Crippen LogP contribution in [0.25, 0.3) is 0 Å². The molecule has 25 heavy (non-hydrogen) atoms. The Balaban J connectivity index is 1.83. The van der Waals surface area contributed by atoms with Crippen LogP contribution in [-0.4, -0.2) is 27.9 Å². The summed E-state index contributed by atoms with van der Waals surface area (Å²) in [5, 5.41) is 11.0. The lowest BCUT2D eigenvalue weighted by atomic mass is 9.81. The average Bonchev–Trinajstić information content (AvgIpc) is 2.80. The summed E-state index contributed by atoms with van der Waals surface area (Å²) in [4.78, 5) is 37.3. The number of hydrogen-bond acceptors (Lipinski definition) is 3. The van der Waals surface area contributed by atoms with E-state index >= 15 is 0 Å². The summed E-state index contributed by atoms with van der Waals surface area (Å²) < 4.78 is 0. The zero-order valence-corrected chi connectivity index (χ0v) is 13.7. The van der Waals surface area contributed by atoms with Crippen molar-refractivity contribution < 1.29 is 19.5 Å². The maximum absolute atomic E-state index is 12.9. The van der Waals surface area contributed by atoms with Crippen LogP contribution in [0.4, 0.5) is 10.5 Å². The zero-order valence-electron chi connectivity index (χ0n) is 13.7. The van der Waals surface area contributed by atoms with E-state index in [9.17, 15) is 14.4 Å². The normalized spacial score (nSPS) is 20.0. The van der Waals surface area contributed by atoms with E-state index in [4.69, 9.17) is 5.11 Å². The monoisotopic (exact) mass is 338 g/mol. The van der Waals surface area contributed by atoms with Crippen molar-refractivity contribution >= 4 is 23.6 Å². The molecule has 3 amide bonds. The topological polar surface area (TPSA) is 86.7 Å². The highest BCUT2D eigenvalue weighted by atomic mass is 16.4. The highest BCUT2D eigenvalue weighted by Crippen LogP contribution is 2.37. The van der Waals surface area contributed by atoms with E-state index in [0.29, 0.717) is 11.3 Å². The van der Waals surface area contributed by atoms with Crippen molar-refractivity contribution in [3.63, 3.8) is 0 Å². The van der Waals surface area contributed by atoms with Gasteiger partial charge in [0.2, 0.25) is 11.8 Å². The van der Waals surface area contributed by atoms with Gasteiger partial charge in [-0.25, -0.2) is 4.79 Å². The number of nitrogens with one attached hydrogen (secondary N) is 1. The molecule has 1 atom stereocenters. The van der Waals surface area contributed by atoms with Crippen LogP contribution in [0.1, 0.15) is 24.5 Å². The Hall–Kier alpha value is -3.15. The van der Waals surface area contributed by atoms with Crippen molar-refractivity contribution in [2.75, 3.05) is 5.32 Å². The molecule has 3 rings (SSSR count). The van der Waals surface area contributed by atoms with Crippen LogP contribution < -0.4 is 5.32 Å². The van der Waals surface area contributed by atoms with Gasteiger partial charge in [0, 0.05) is 12.1 Å². The van der Waals surface area contributed by atoms with E-state index in [1.807, 2.05) is 30.3 Å². The minimum atomic E-state index is -1.15. The van der Waals surface area contributed by atoms with Gasteiger partial charge >= 0.3 is 6.09 Å². The number of hydrogen-bond donors (Lipinski definition) is 2. The number of carbonyl (C=O) groups is 3. The third kappa shape index (κ3) is 3.24. The fourth-order valence-electron chi connectivity index (χ4n) is 3.08. The standard InChI is InChI=1S/C19H18N2O4/c1-19(14-7-9-15(10-8-14)20-18(24)25)11-16(22)21(17(19)23)12-13-5-3-2-4-6-13/h2-10,20H,11-12H2,1H3,(H,24,25). The van der Waals surface area contributed by atoms with E-state index < -0.39 is 11.5 Å². The fourth-order valence-corrected chi connectivity index (χ4v) is 3.08. The van der Waals surface area contributed by atoms with E-state index in [1.165, 1.54) is 4.90 Å². The maximum Gasteiger partial charge on any atom is 0.409 e.